The Hall–Kier alpha value is -2.88. The van der Waals surface area contributed by atoms with E-state index in [2.05, 4.69) is 15.3 Å². The molecule has 0 aliphatic rings. The molecule has 0 aliphatic carbocycles. The molecule has 110 valence electrons. The summed E-state index contributed by atoms with van der Waals surface area (Å²) in [5, 5.41) is 3.06. The number of aryl methyl sites for hydroxylation is 1. The topological polar surface area (TPSA) is 47.0 Å². The van der Waals surface area contributed by atoms with Gasteiger partial charge in [-0.25, -0.2) is 4.98 Å². The summed E-state index contributed by atoms with van der Waals surface area (Å²) in [4.78, 5) is 8.95. The van der Waals surface area contributed by atoms with E-state index in [-0.39, 0.29) is 0 Å². The third-order valence-corrected chi connectivity index (χ3v) is 3.36. The maximum absolute atomic E-state index is 5.98. The van der Waals surface area contributed by atoms with E-state index in [1.54, 1.807) is 6.20 Å². The summed E-state index contributed by atoms with van der Waals surface area (Å²) >= 11 is 0. The van der Waals surface area contributed by atoms with Crippen molar-refractivity contribution in [3.63, 3.8) is 0 Å². The van der Waals surface area contributed by atoms with E-state index in [0.717, 1.165) is 22.6 Å². The lowest BCUT2D eigenvalue weighted by atomic mass is 10.2. The zero-order valence-electron chi connectivity index (χ0n) is 12.6. The summed E-state index contributed by atoms with van der Waals surface area (Å²) in [5.74, 6) is 1.95. The predicted molar refractivity (Wildman–Crippen MR) is 88.3 cm³/mol. The minimum atomic E-state index is 0.519. The summed E-state index contributed by atoms with van der Waals surface area (Å²) in [6.45, 7) is 2.01. The van der Waals surface area contributed by atoms with Gasteiger partial charge in [0.2, 0.25) is 5.88 Å². The normalized spacial score (nSPS) is 10.3. The van der Waals surface area contributed by atoms with Crippen molar-refractivity contribution in [3.05, 3.63) is 66.4 Å². The number of nitrogens with one attached hydrogen (secondary N) is 1. The van der Waals surface area contributed by atoms with Gasteiger partial charge in [-0.1, -0.05) is 48.5 Å². The molecule has 0 spiro atoms. The average molecular weight is 291 g/mol. The van der Waals surface area contributed by atoms with Crippen LogP contribution in [0.25, 0.3) is 11.4 Å². The van der Waals surface area contributed by atoms with E-state index >= 15 is 0 Å². The smallest absolute Gasteiger partial charge is 0.246 e. The summed E-state index contributed by atoms with van der Waals surface area (Å²) in [6, 6.07) is 17.7. The van der Waals surface area contributed by atoms with Gasteiger partial charge in [-0.15, -0.1) is 0 Å². The van der Waals surface area contributed by atoms with Crippen LogP contribution in [-0.2, 0) is 0 Å². The van der Waals surface area contributed by atoms with Crippen molar-refractivity contribution >= 4 is 5.69 Å². The first-order chi connectivity index (χ1) is 10.8. The summed E-state index contributed by atoms with van der Waals surface area (Å²) in [7, 11) is 1.82. The molecule has 0 fully saturated rings. The monoisotopic (exact) mass is 291 g/mol. The zero-order chi connectivity index (χ0) is 15.4. The third kappa shape index (κ3) is 2.91. The maximum Gasteiger partial charge on any atom is 0.246 e. The number of hydrogen-bond acceptors (Lipinski definition) is 4. The van der Waals surface area contributed by atoms with Crippen LogP contribution in [0.15, 0.2) is 60.8 Å². The molecule has 1 N–H and O–H groups in total. The lowest BCUT2D eigenvalue weighted by Gasteiger charge is -2.12. The second-order valence-electron chi connectivity index (χ2n) is 4.90. The van der Waals surface area contributed by atoms with E-state index in [1.807, 2.05) is 68.6 Å². The molecule has 22 heavy (non-hydrogen) atoms. The lowest BCUT2D eigenvalue weighted by molar-refractivity contribution is 0.461. The number of para-hydroxylation sites is 1. The Morgan fingerprint density at radius 3 is 2.41 bits per heavy atom. The zero-order valence-corrected chi connectivity index (χ0v) is 12.6. The van der Waals surface area contributed by atoms with E-state index in [0.29, 0.717) is 11.7 Å². The fourth-order valence-corrected chi connectivity index (χ4v) is 2.12. The van der Waals surface area contributed by atoms with Crippen molar-refractivity contribution in [1.29, 1.82) is 0 Å². The van der Waals surface area contributed by atoms with Gasteiger partial charge in [0.25, 0.3) is 0 Å². The van der Waals surface area contributed by atoms with Gasteiger partial charge in [0, 0.05) is 12.6 Å². The second kappa shape index (κ2) is 6.26. The molecule has 4 heteroatoms. The Kier molecular flexibility index (Phi) is 4.01. The van der Waals surface area contributed by atoms with Crippen LogP contribution in [0, 0.1) is 6.92 Å². The molecule has 0 atom stereocenters. The predicted octanol–water partition coefficient (Wildman–Crippen LogP) is 4.29. The molecule has 2 aromatic carbocycles. The molecule has 0 saturated carbocycles. The van der Waals surface area contributed by atoms with Crippen LogP contribution in [0.1, 0.15) is 5.56 Å². The van der Waals surface area contributed by atoms with Gasteiger partial charge in [-0.2, -0.15) is 4.98 Å². The van der Waals surface area contributed by atoms with Crippen LogP contribution in [0.5, 0.6) is 11.6 Å². The number of hydrogen-bond donors (Lipinski definition) is 1. The Balaban J connectivity index is 2.00. The number of aromatic nitrogens is 2. The molecule has 0 bridgehead atoms. The SMILES string of the molecule is CNc1cnc(-c2ccccc2)nc1Oc1ccccc1C. The standard InChI is InChI=1S/C18H17N3O/c1-13-8-6-7-11-16(13)22-18-15(19-2)12-20-17(21-18)14-9-4-3-5-10-14/h3-12,19H,1-2H3. The van der Waals surface area contributed by atoms with Gasteiger partial charge in [-0.05, 0) is 18.6 Å². The van der Waals surface area contributed by atoms with E-state index in [1.165, 1.54) is 0 Å². The Morgan fingerprint density at radius 1 is 0.955 bits per heavy atom. The van der Waals surface area contributed by atoms with Gasteiger partial charge >= 0.3 is 0 Å². The Bertz CT molecular complexity index is 772. The highest BCUT2D eigenvalue weighted by Gasteiger charge is 2.11. The van der Waals surface area contributed by atoms with Crippen LogP contribution >= 0.6 is 0 Å². The molecular weight excluding hydrogens is 274 g/mol. The van der Waals surface area contributed by atoms with E-state index in [4.69, 9.17) is 4.74 Å². The highest BCUT2D eigenvalue weighted by atomic mass is 16.5. The quantitative estimate of drug-likeness (QED) is 0.779. The van der Waals surface area contributed by atoms with Gasteiger partial charge in [0.05, 0.1) is 6.20 Å². The van der Waals surface area contributed by atoms with Gasteiger partial charge in [-0.3, -0.25) is 0 Å². The number of anilines is 1. The van der Waals surface area contributed by atoms with Crippen LogP contribution < -0.4 is 10.1 Å². The average Bonchev–Trinajstić information content (AvgIpc) is 2.58. The Morgan fingerprint density at radius 2 is 1.68 bits per heavy atom. The minimum absolute atomic E-state index is 0.519. The molecule has 0 saturated heterocycles. The van der Waals surface area contributed by atoms with Crippen molar-refractivity contribution in [1.82, 2.24) is 9.97 Å². The first-order valence-corrected chi connectivity index (χ1v) is 7.11. The van der Waals surface area contributed by atoms with Crippen LogP contribution in [-0.4, -0.2) is 17.0 Å². The molecule has 4 nitrogen and oxygen atoms in total. The highest BCUT2D eigenvalue weighted by Crippen LogP contribution is 2.30. The molecule has 0 aliphatic heterocycles. The van der Waals surface area contributed by atoms with Gasteiger partial charge in [0.1, 0.15) is 11.4 Å². The van der Waals surface area contributed by atoms with E-state index < -0.39 is 0 Å². The van der Waals surface area contributed by atoms with Crippen molar-refractivity contribution in [2.45, 2.75) is 6.92 Å². The van der Waals surface area contributed by atoms with E-state index in [9.17, 15) is 0 Å². The van der Waals surface area contributed by atoms with Crippen molar-refractivity contribution in [2.75, 3.05) is 12.4 Å². The summed E-state index contributed by atoms with van der Waals surface area (Å²) in [6.07, 6.45) is 1.74. The molecular formula is C18H17N3O. The first-order valence-electron chi connectivity index (χ1n) is 7.11. The largest absolute Gasteiger partial charge is 0.437 e. The third-order valence-electron chi connectivity index (χ3n) is 3.36. The van der Waals surface area contributed by atoms with Gasteiger partial charge < -0.3 is 10.1 Å². The fraction of sp³-hybridized carbons (Fsp3) is 0.111. The number of nitrogens with zero attached hydrogens (tertiary/aromatic N) is 2. The summed E-state index contributed by atoms with van der Waals surface area (Å²) < 4.78 is 5.98. The first kappa shape index (κ1) is 14.1. The lowest BCUT2D eigenvalue weighted by Crippen LogP contribution is -2.00. The molecule has 1 aromatic heterocycles. The molecule has 1 heterocycles. The molecule has 0 radical (unpaired) electrons. The molecule has 3 aromatic rings. The van der Waals surface area contributed by atoms with Crippen LogP contribution in [0.3, 0.4) is 0 Å². The van der Waals surface area contributed by atoms with Crippen molar-refractivity contribution in [2.24, 2.45) is 0 Å². The van der Waals surface area contributed by atoms with Crippen molar-refractivity contribution in [3.8, 4) is 23.0 Å². The molecule has 0 unspecified atom stereocenters. The number of rotatable bonds is 4. The fourth-order valence-electron chi connectivity index (χ4n) is 2.12. The molecule has 0 amide bonds. The van der Waals surface area contributed by atoms with Gasteiger partial charge in [0.15, 0.2) is 5.82 Å². The highest BCUT2D eigenvalue weighted by molar-refractivity contribution is 5.60. The van der Waals surface area contributed by atoms with Crippen molar-refractivity contribution < 1.29 is 4.74 Å². The number of benzene rings is 2. The van der Waals surface area contributed by atoms with Crippen LogP contribution in [0.4, 0.5) is 5.69 Å². The van der Waals surface area contributed by atoms with Crippen LogP contribution in [0.2, 0.25) is 0 Å². The molecule has 3 rings (SSSR count). The second-order valence-corrected chi connectivity index (χ2v) is 4.90. The Labute approximate surface area is 129 Å². The number of ether oxygens (including phenoxy) is 1. The summed E-state index contributed by atoms with van der Waals surface area (Å²) in [5.41, 5.74) is 2.77. The maximum atomic E-state index is 5.98. The minimum Gasteiger partial charge on any atom is -0.437 e.